The Labute approximate surface area is 168 Å². The van der Waals surface area contributed by atoms with Crippen LogP contribution in [0.5, 0.6) is 0 Å². The summed E-state index contributed by atoms with van der Waals surface area (Å²) < 4.78 is 5.93. The van der Waals surface area contributed by atoms with Gasteiger partial charge in [0.05, 0.1) is 12.3 Å². The normalized spacial score (nSPS) is 10.6. The van der Waals surface area contributed by atoms with Gasteiger partial charge in [0, 0.05) is 10.7 Å². The maximum Gasteiger partial charge on any atom is 0.286 e. The van der Waals surface area contributed by atoms with Crippen molar-refractivity contribution >= 4 is 52.2 Å². The molecule has 0 fully saturated rings. The fourth-order valence-electron chi connectivity index (χ4n) is 2.02. The number of nitrogens with zero attached hydrogens (tertiary/aromatic N) is 2. The molecule has 27 heavy (non-hydrogen) atoms. The molecule has 3 rings (SSSR count). The second-order valence-electron chi connectivity index (χ2n) is 5.41. The van der Waals surface area contributed by atoms with Crippen LogP contribution in [0.4, 0.5) is 5.69 Å². The molecule has 0 spiro atoms. The zero-order valence-corrected chi connectivity index (χ0v) is 16.6. The Morgan fingerprint density at radius 1 is 1.19 bits per heavy atom. The van der Waals surface area contributed by atoms with Gasteiger partial charge in [-0.15, -0.1) is 10.2 Å². The fraction of sp³-hybridized carbons (Fsp3) is 0.176. The van der Waals surface area contributed by atoms with Crippen LogP contribution in [0.2, 0.25) is 5.02 Å². The van der Waals surface area contributed by atoms with Crippen LogP contribution in [0.1, 0.15) is 21.3 Å². The average molecular weight is 423 g/mol. The molecule has 0 unspecified atom stereocenters. The van der Waals surface area contributed by atoms with E-state index in [1.54, 1.807) is 24.3 Å². The molecule has 2 amide bonds. The third-order valence-corrected chi connectivity index (χ3v) is 5.59. The lowest BCUT2D eigenvalue weighted by Crippen LogP contribution is -2.24. The predicted octanol–water partition coefficient (Wildman–Crippen LogP) is 3.75. The van der Waals surface area contributed by atoms with E-state index in [1.165, 1.54) is 11.8 Å². The molecule has 0 aliphatic rings. The van der Waals surface area contributed by atoms with E-state index in [4.69, 9.17) is 16.0 Å². The second-order valence-corrected chi connectivity index (χ2v) is 8.05. The summed E-state index contributed by atoms with van der Waals surface area (Å²) >= 11 is 8.16. The van der Waals surface area contributed by atoms with Crippen LogP contribution in [-0.2, 0) is 11.3 Å². The first-order chi connectivity index (χ1) is 13.0. The molecule has 0 aliphatic heterocycles. The average Bonchev–Trinajstić information content (AvgIpc) is 3.29. The summed E-state index contributed by atoms with van der Waals surface area (Å²) in [6.45, 7) is 2.18. The molecule has 2 N–H and O–H groups in total. The van der Waals surface area contributed by atoms with E-state index in [-0.39, 0.29) is 22.6 Å². The Morgan fingerprint density at radius 2 is 1.96 bits per heavy atom. The van der Waals surface area contributed by atoms with Crippen LogP contribution in [0.3, 0.4) is 0 Å². The summed E-state index contributed by atoms with van der Waals surface area (Å²) in [6, 6.07) is 10.4. The molecular weight excluding hydrogens is 408 g/mol. The van der Waals surface area contributed by atoms with Gasteiger partial charge in [0.1, 0.15) is 11.5 Å². The number of nitrogens with one attached hydrogen (secondary N) is 2. The number of hydrogen-bond donors (Lipinski definition) is 2. The van der Waals surface area contributed by atoms with Crippen LogP contribution in [-0.4, -0.2) is 27.8 Å². The van der Waals surface area contributed by atoms with Gasteiger partial charge in [-0.2, -0.15) is 0 Å². The predicted molar refractivity (Wildman–Crippen MR) is 105 cm³/mol. The maximum atomic E-state index is 12.2. The van der Waals surface area contributed by atoms with Crippen LogP contribution < -0.4 is 10.6 Å². The zero-order chi connectivity index (χ0) is 19.2. The fourth-order valence-corrected chi connectivity index (χ4v) is 3.72. The van der Waals surface area contributed by atoms with Gasteiger partial charge in [-0.1, -0.05) is 34.7 Å². The van der Waals surface area contributed by atoms with Crippen molar-refractivity contribution in [2.45, 2.75) is 17.8 Å². The molecule has 2 aromatic heterocycles. The van der Waals surface area contributed by atoms with Crippen molar-refractivity contribution < 1.29 is 14.0 Å². The number of carbonyl (C=O) groups is 2. The van der Waals surface area contributed by atoms with E-state index in [9.17, 15) is 9.59 Å². The molecule has 0 aliphatic carbocycles. The van der Waals surface area contributed by atoms with Crippen molar-refractivity contribution in [1.82, 2.24) is 15.5 Å². The number of amides is 2. The number of aromatic nitrogens is 2. The zero-order valence-electron chi connectivity index (χ0n) is 14.2. The minimum Gasteiger partial charge on any atom is -0.465 e. The summed E-state index contributed by atoms with van der Waals surface area (Å²) in [6.07, 6.45) is 0. The Hall–Kier alpha value is -2.36. The lowest BCUT2D eigenvalue weighted by Gasteiger charge is -2.02. The molecule has 0 radical (unpaired) electrons. The van der Waals surface area contributed by atoms with Crippen molar-refractivity contribution in [2.24, 2.45) is 0 Å². The molecule has 3 aromatic rings. The molecular formula is C17H15ClN4O3S2. The molecule has 0 atom stereocenters. The largest absolute Gasteiger partial charge is 0.465 e. The van der Waals surface area contributed by atoms with E-state index in [2.05, 4.69) is 20.8 Å². The van der Waals surface area contributed by atoms with Crippen molar-refractivity contribution in [3.05, 3.63) is 57.9 Å². The summed E-state index contributed by atoms with van der Waals surface area (Å²) in [7, 11) is 0. The number of anilines is 1. The summed E-state index contributed by atoms with van der Waals surface area (Å²) in [5, 5.41) is 14.1. The van der Waals surface area contributed by atoms with E-state index in [0.29, 0.717) is 27.4 Å². The van der Waals surface area contributed by atoms with Gasteiger partial charge in [0.15, 0.2) is 4.34 Å². The number of rotatable bonds is 7. The monoisotopic (exact) mass is 422 g/mol. The first kappa shape index (κ1) is 19.4. The highest BCUT2D eigenvalue weighted by atomic mass is 35.5. The Bertz CT molecular complexity index is 940. The van der Waals surface area contributed by atoms with Gasteiger partial charge >= 0.3 is 0 Å². The van der Waals surface area contributed by atoms with Gasteiger partial charge in [-0.25, -0.2) is 0 Å². The molecule has 0 bridgehead atoms. The quantitative estimate of drug-likeness (QED) is 0.563. The van der Waals surface area contributed by atoms with E-state index < -0.39 is 0 Å². The van der Waals surface area contributed by atoms with Crippen molar-refractivity contribution in [1.29, 1.82) is 0 Å². The molecule has 7 nitrogen and oxygen atoms in total. The first-order valence-electron chi connectivity index (χ1n) is 7.85. The number of benzene rings is 1. The molecule has 2 heterocycles. The van der Waals surface area contributed by atoms with Crippen molar-refractivity contribution in [2.75, 3.05) is 11.1 Å². The van der Waals surface area contributed by atoms with Gasteiger partial charge < -0.3 is 15.1 Å². The van der Waals surface area contributed by atoms with Crippen LogP contribution in [0.25, 0.3) is 0 Å². The number of thioether (sulfide) groups is 1. The smallest absolute Gasteiger partial charge is 0.286 e. The highest BCUT2D eigenvalue weighted by Gasteiger charge is 2.14. The highest BCUT2D eigenvalue weighted by molar-refractivity contribution is 8.01. The molecule has 0 saturated carbocycles. The number of carbonyl (C=O) groups excluding carboxylic acids is 2. The third-order valence-electron chi connectivity index (χ3n) is 3.29. The summed E-state index contributed by atoms with van der Waals surface area (Å²) in [5.74, 6) is 1.15. The number of hydrogen-bond acceptors (Lipinski definition) is 7. The second kappa shape index (κ2) is 9.03. The number of halogens is 1. The van der Waals surface area contributed by atoms with Gasteiger partial charge in [-0.3, -0.25) is 9.59 Å². The first-order valence-corrected chi connectivity index (χ1v) is 10.0. The van der Waals surface area contributed by atoms with Crippen LogP contribution >= 0.6 is 34.7 Å². The van der Waals surface area contributed by atoms with Gasteiger partial charge in [0.2, 0.25) is 10.9 Å². The Balaban J connectivity index is 1.46. The minimum atomic E-state index is -0.362. The van der Waals surface area contributed by atoms with Crippen molar-refractivity contribution in [3.63, 3.8) is 0 Å². The lowest BCUT2D eigenvalue weighted by atomic mass is 10.3. The lowest BCUT2D eigenvalue weighted by molar-refractivity contribution is -0.118. The van der Waals surface area contributed by atoms with Gasteiger partial charge in [0.25, 0.3) is 5.91 Å². The van der Waals surface area contributed by atoms with E-state index in [1.807, 2.05) is 19.1 Å². The minimum absolute atomic E-state index is 0.156. The maximum absolute atomic E-state index is 12.2. The van der Waals surface area contributed by atoms with Crippen molar-refractivity contribution in [3.8, 4) is 0 Å². The topological polar surface area (TPSA) is 97.1 Å². The molecule has 0 saturated heterocycles. The summed E-state index contributed by atoms with van der Waals surface area (Å²) in [5.41, 5.74) is 0.612. The Morgan fingerprint density at radius 3 is 2.67 bits per heavy atom. The van der Waals surface area contributed by atoms with Crippen LogP contribution in [0.15, 0.2) is 45.2 Å². The van der Waals surface area contributed by atoms with Crippen LogP contribution in [0, 0.1) is 6.92 Å². The molecule has 140 valence electrons. The summed E-state index contributed by atoms with van der Waals surface area (Å²) in [4.78, 5) is 24.1. The third kappa shape index (κ3) is 5.81. The highest BCUT2D eigenvalue weighted by Crippen LogP contribution is 2.23. The Kier molecular flexibility index (Phi) is 6.49. The standard InChI is InChI=1S/C17H15ClN4O3S2/c1-10-2-7-13(25-10)8-19-14(23)9-26-17-22-21-16(27-17)15(24)20-12-5-3-11(18)4-6-12/h2-7H,8-9H2,1H3,(H,19,23)(H,20,24). The van der Waals surface area contributed by atoms with E-state index in [0.717, 1.165) is 17.1 Å². The SMILES string of the molecule is Cc1ccc(CNC(=O)CSc2nnc(C(=O)Nc3ccc(Cl)cc3)s2)o1. The van der Waals surface area contributed by atoms with Gasteiger partial charge in [-0.05, 0) is 43.3 Å². The number of furan rings is 1. The van der Waals surface area contributed by atoms with E-state index >= 15 is 0 Å². The molecule has 10 heteroatoms. The molecule has 1 aromatic carbocycles. The number of aryl methyl sites for hydroxylation is 1.